The Balaban J connectivity index is 2.61. The molecule has 1 aromatic rings. The zero-order chi connectivity index (χ0) is 11.3. The average molecular weight is 205 g/mol. The lowest BCUT2D eigenvalue weighted by atomic mass is 10.2. The van der Waals surface area contributed by atoms with Crippen LogP contribution in [0.3, 0.4) is 0 Å². The zero-order valence-electron chi connectivity index (χ0n) is 9.28. The maximum atomic E-state index is 10.0. The molecule has 0 saturated heterocycles. The molecule has 0 N–H and O–H groups in total. The summed E-state index contributed by atoms with van der Waals surface area (Å²) < 4.78 is 5.61. The van der Waals surface area contributed by atoms with E-state index in [2.05, 4.69) is 4.99 Å². The molecule has 1 aromatic carbocycles. The average Bonchev–Trinajstić information content (AvgIpc) is 2.16. The van der Waals surface area contributed by atoms with Crippen molar-refractivity contribution in [2.45, 2.75) is 33.0 Å². The van der Waals surface area contributed by atoms with E-state index >= 15 is 0 Å². The molecule has 1 rings (SSSR count). The minimum absolute atomic E-state index is 0.139. The Morgan fingerprint density at radius 2 is 1.87 bits per heavy atom. The maximum absolute atomic E-state index is 10.0. The molecular formula is C12H15NO2. The van der Waals surface area contributed by atoms with Crippen LogP contribution in [0.4, 0.5) is 5.69 Å². The number of hydrogen-bond donors (Lipinski definition) is 0. The third-order valence-corrected chi connectivity index (χ3v) is 1.78. The number of ether oxygens (including phenoxy) is 1. The molecule has 0 aliphatic heterocycles. The molecule has 0 radical (unpaired) electrons. The summed E-state index contributed by atoms with van der Waals surface area (Å²) in [6.45, 7) is 6.60. The Bertz CT molecular complexity index is 356. The van der Waals surface area contributed by atoms with Gasteiger partial charge in [0.2, 0.25) is 6.08 Å². The molecule has 0 aliphatic rings. The van der Waals surface area contributed by atoms with Crippen molar-refractivity contribution in [3.05, 3.63) is 29.8 Å². The van der Waals surface area contributed by atoms with E-state index in [0.29, 0.717) is 12.3 Å². The summed E-state index contributed by atoms with van der Waals surface area (Å²) in [6.07, 6.45) is 1.50. The van der Waals surface area contributed by atoms with Crippen LogP contribution in [0, 0.1) is 0 Å². The SMILES string of the molecule is CC(C)(C)OCc1ccc(N=C=O)cc1. The smallest absolute Gasteiger partial charge is 0.240 e. The van der Waals surface area contributed by atoms with E-state index in [1.165, 1.54) is 6.08 Å². The lowest BCUT2D eigenvalue weighted by Crippen LogP contribution is -2.18. The predicted octanol–water partition coefficient (Wildman–Crippen LogP) is 2.97. The Morgan fingerprint density at radius 3 is 2.33 bits per heavy atom. The molecule has 15 heavy (non-hydrogen) atoms. The summed E-state index contributed by atoms with van der Waals surface area (Å²) in [5.41, 5.74) is 1.54. The first-order valence-corrected chi connectivity index (χ1v) is 4.82. The largest absolute Gasteiger partial charge is 0.371 e. The van der Waals surface area contributed by atoms with Crippen LogP contribution in [0.15, 0.2) is 29.3 Å². The summed E-state index contributed by atoms with van der Waals surface area (Å²) >= 11 is 0. The Hall–Kier alpha value is -1.44. The molecule has 0 aliphatic carbocycles. The highest BCUT2D eigenvalue weighted by molar-refractivity contribution is 5.48. The van der Waals surface area contributed by atoms with Gasteiger partial charge in [0, 0.05) is 0 Å². The quantitative estimate of drug-likeness (QED) is 0.562. The van der Waals surface area contributed by atoms with Crippen LogP contribution in [-0.4, -0.2) is 11.7 Å². The second-order valence-electron chi connectivity index (χ2n) is 4.27. The molecule has 0 heterocycles. The van der Waals surface area contributed by atoms with Gasteiger partial charge in [-0.25, -0.2) is 4.79 Å². The summed E-state index contributed by atoms with van der Waals surface area (Å²) in [6, 6.07) is 7.32. The molecule has 0 saturated carbocycles. The number of isocyanates is 1. The van der Waals surface area contributed by atoms with Crippen LogP contribution in [0.2, 0.25) is 0 Å². The van der Waals surface area contributed by atoms with Crippen LogP contribution >= 0.6 is 0 Å². The van der Waals surface area contributed by atoms with Gasteiger partial charge in [0.1, 0.15) is 0 Å². The number of benzene rings is 1. The molecule has 0 amide bonds. The third-order valence-electron chi connectivity index (χ3n) is 1.78. The van der Waals surface area contributed by atoms with Crippen LogP contribution < -0.4 is 0 Å². The van der Waals surface area contributed by atoms with Crippen LogP contribution in [0.25, 0.3) is 0 Å². The number of carbonyl (C=O) groups excluding carboxylic acids is 1. The van der Waals surface area contributed by atoms with Gasteiger partial charge >= 0.3 is 0 Å². The highest BCUT2D eigenvalue weighted by Crippen LogP contribution is 2.15. The summed E-state index contributed by atoms with van der Waals surface area (Å²) in [5.74, 6) is 0. The van der Waals surface area contributed by atoms with Gasteiger partial charge in [-0.1, -0.05) is 12.1 Å². The second-order valence-corrected chi connectivity index (χ2v) is 4.27. The fourth-order valence-corrected chi connectivity index (χ4v) is 1.02. The lowest BCUT2D eigenvalue weighted by Gasteiger charge is -2.19. The van der Waals surface area contributed by atoms with Gasteiger partial charge in [-0.2, -0.15) is 4.99 Å². The third kappa shape index (κ3) is 4.54. The Labute approximate surface area is 89.8 Å². The standard InChI is InChI=1S/C12H15NO2/c1-12(2,3)15-8-10-4-6-11(7-5-10)13-9-14/h4-7H,8H2,1-3H3. The van der Waals surface area contributed by atoms with Gasteiger partial charge in [-0.3, -0.25) is 0 Å². The van der Waals surface area contributed by atoms with Crippen molar-refractivity contribution >= 4 is 11.8 Å². The van der Waals surface area contributed by atoms with Crippen molar-refractivity contribution in [2.24, 2.45) is 4.99 Å². The molecule has 0 atom stereocenters. The highest BCUT2D eigenvalue weighted by Gasteiger charge is 2.09. The van der Waals surface area contributed by atoms with Gasteiger partial charge in [-0.15, -0.1) is 0 Å². The number of hydrogen-bond acceptors (Lipinski definition) is 3. The van der Waals surface area contributed by atoms with Crippen molar-refractivity contribution in [1.82, 2.24) is 0 Å². The minimum atomic E-state index is -0.139. The number of rotatable bonds is 3. The van der Waals surface area contributed by atoms with Gasteiger partial charge in [0.15, 0.2) is 0 Å². The van der Waals surface area contributed by atoms with Gasteiger partial charge in [0.05, 0.1) is 17.9 Å². The molecular weight excluding hydrogens is 190 g/mol. The van der Waals surface area contributed by atoms with E-state index in [4.69, 9.17) is 4.74 Å². The first kappa shape index (κ1) is 11.6. The molecule has 0 spiro atoms. The van der Waals surface area contributed by atoms with E-state index < -0.39 is 0 Å². The maximum Gasteiger partial charge on any atom is 0.240 e. The van der Waals surface area contributed by atoms with E-state index in [0.717, 1.165) is 5.56 Å². The number of nitrogens with zero attached hydrogens (tertiary/aromatic N) is 1. The van der Waals surface area contributed by atoms with Crippen molar-refractivity contribution < 1.29 is 9.53 Å². The first-order valence-electron chi connectivity index (χ1n) is 4.82. The van der Waals surface area contributed by atoms with Crippen molar-refractivity contribution in [2.75, 3.05) is 0 Å². The Kier molecular flexibility index (Phi) is 3.78. The molecule has 80 valence electrons. The highest BCUT2D eigenvalue weighted by atomic mass is 16.5. The lowest BCUT2D eigenvalue weighted by molar-refractivity contribution is -0.0149. The Morgan fingerprint density at radius 1 is 1.27 bits per heavy atom. The van der Waals surface area contributed by atoms with E-state index in [1.807, 2.05) is 32.9 Å². The summed E-state index contributed by atoms with van der Waals surface area (Å²) in [4.78, 5) is 13.5. The van der Waals surface area contributed by atoms with Crippen molar-refractivity contribution in [3.63, 3.8) is 0 Å². The normalized spacial score (nSPS) is 10.9. The summed E-state index contributed by atoms with van der Waals surface area (Å²) in [5, 5.41) is 0. The fraction of sp³-hybridized carbons (Fsp3) is 0.417. The molecule has 0 aromatic heterocycles. The minimum Gasteiger partial charge on any atom is -0.371 e. The first-order chi connectivity index (χ1) is 7.01. The van der Waals surface area contributed by atoms with E-state index in [-0.39, 0.29) is 5.60 Å². The van der Waals surface area contributed by atoms with Crippen LogP contribution in [0.1, 0.15) is 26.3 Å². The molecule has 0 unspecified atom stereocenters. The van der Waals surface area contributed by atoms with Crippen LogP contribution in [-0.2, 0) is 16.1 Å². The van der Waals surface area contributed by atoms with Crippen LogP contribution in [0.5, 0.6) is 0 Å². The van der Waals surface area contributed by atoms with E-state index in [9.17, 15) is 4.79 Å². The molecule has 0 fully saturated rings. The van der Waals surface area contributed by atoms with Gasteiger partial charge < -0.3 is 4.74 Å². The predicted molar refractivity (Wildman–Crippen MR) is 58.8 cm³/mol. The summed E-state index contributed by atoms with van der Waals surface area (Å²) in [7, 11) is 0. The van der Waals surface area contributed by atoms with Gasteiger partial charge in [0.25, 0.3) is 0 Å². The molecule has 0 bridgehead atoms. The van der Waals surface area contributed by atoms with Crippen molar-refractivity contribution in [1.29, 1.82) is 0 Å². The van der Waals surface area contributed by atoms with Gasteiger partial charge in [-0.05, 0) is 38.5 Å². The monoisotopic (exact) mass is 205 g/mol. The topological polar surface area (TPSA) is 38.7 Å². The molecule has 3 nitrogen and oxygen atoms in total. The fourth-order valence-electron chi connectivity index (χ4n) is 1.02. The second kappa shape index (κ2) is 4.87. The zero-order valence-corrected chi connectivity index (χ0v) is 9.28. The van der Waals surface area contributed by atoms with Crippen molar-refractivity contribution in [3.8, 4) is 0 Å². The number of aliphatic imine (C=N–C) groups is 1. The van der Waals surface area contributed by atoms with E-state index in [1.54, 1.807) is 12.1 Å². The molecule has 3 heteroatoms.